The zero-order chi connectivity index (χ0) is 18.8. The van der Waals surface area contributed by atoms with Crippen molar-refractivity contribution in [1.82, 2.24) is 14.7 Å². The lowest BCUT2D eigenvalue weighted by atomic mass is 10.0. The first-order valence-electron chi connectivity index (χ1n) is 8.37. The van der Waals surface area contributed by atoms with Gasteiger partial charge in [0.2, 0.25) is 0 Å². The van der Waals surface area contributed by atoms with Crippen LogP contribution in [0.25, 0.3) is 5.69 Å². The SMILES string of the molecule is C=C(F)C(=O)N1CCOCC1c1c(C)nn(-c2cccc(OC)c2)c1C. The Balaban J connectivity index is 2.03. The predicted molar refractivity (Wildman–Crippen MR) is 95.1 cm³/mol. The van der Waals surface area contributed by atoms with E-state index in [4.69, 9.17) is 9.47 Å². The second-order valence-electron chi connectivity index (χ2n) is 6.19. The summed E-state index contributed by atoms with van der Waals surface area (Å²) in [5, 5.41) is 4.62. The zero-order valence-corrected chi connectivity index (χ0v) is 15.2. The van der Waals surface area contributed by atoms with Gasteiger partial charge in [-0.3, -0.25) is 4.79 Å². The van der Waals surface area contributed by atoms with Crippen molar-refractivity contribution in [3.63, 3.8) is 0 Å². The minimum Gasteiger partial charge on any atom is -0.497 e. The van der Waals surface area contributed by atoms with Crippen LogP contribution in [0, 0.1) is 13.8 Å². The van der Waals surface area contributed by atoms with Crippen LogP contribution in [-0.4, -0.2) is 47.5 Å². The number of aryl methyl sites for hydroxylation is 1. The van der Waals surface area contributed by atoms with Crippen LogP contribution >= 0.6 is 0 Å². The van der Waals surface area contributed by atoms with Crippen LogP contribution in [0.5, 0.6) is 5.75 Å². The number of rotatable bonds is 4. The van der Waals surface area contributed by atoms with Crippen LogP contribution < -0.4 is 4.74 Å². The summed E-state index contributed by atoms with van der Waals surface area (Å²) in [5.74, 6) is -0.943. The Bertz CT molecular complexity index is 847. The molecule has 1 saturated heterocycles. The van der Waals surface area contributed by atoms with Crippen LogP contribution in [0.15, 0.2) is 36.7 Å². The van der Waals surface area contributed by atoms with Crippen LogP contribution in [0.1, 0.15) is 23.0 Å². The Morgan fingerprint density at radius 2 is 2.19 bits per heavy atom. The van der Waals surface area contributed by atoms with Crippen LogP contribution in [-0.2, 0) is 9.53 Å². The van der Waals surface area contributed by atoms with Crippen molar-refractivity contribution in [2.75, 3.05) is 26.9 Å². The minimum absolute atomic E-state index is 0.296. The fraction of sp³-hybridized carbons (Fsp3) is 0.368. The summed E-state index contributed by atoms with van der Waals surface area (Å²) in [6, 6.07) is 7.15. The molecule has 1 aromatic heterocycles. The van der Waals surface area contributed by atoms with Gasteiger partial charge in [0.1, 0.15) is 5.75 Å². The Morgan fingerprint density at radius 1 is 1.42 bits per heavy atom. The summed E-state index contributed by atoms with van der Waals surface area (Å²) in [6.07, 6.45) is 0. The molecule has 3 rings (SSSR count). The molecule has 2 aromatic rings. The Labute approximate surface area is 151 Å². The molecule has 1 aliphatic heterocycles. The first kappa shape index (κ1) is 18.1. The molecule has 0 radical (unpaired) electrons. The summed E-state index contributed by atoms with van der Waals surface area (Å²) in [4.78, 5) is 13.7. The lowest BCUT2D eigenvalue weighted by Crippen LogP contribution is -2.43. The van der Waals surface area contributed by atoms with E-state index in [9.17, 15) is 9.18 Å². The van der Waals surface area contributed by atoms with Gasteiger partial charge in [-0.1, -0.05) is 12.6 Å². The minimum atomic E-state index is -0.965. The summed E-state index contributed by atoms with van der Waals surface area (Å²) in [6.45, 7) is 7.93. The highest BCUT2D eigenvalue weighted by Crippen LogP contribution is 2.32. The number of hydrogen-bond donors (Lipinski definition) is 0. The van der Waals surface area contributed by atoms with Gasteiger partial charge in [0.15, 0.2) is 5.83 Å². The monoisotopic (exact) mass is 359 g/mol. The van der Waals surface area contributed by atoms with Gasteiger partial charge in [-0.15, -0.1) is 0 Å². The molecule has 2 heterocycles. The van der Waals surface area contributed by atoms with Gasteiger partial charge in [-0.25, -0.2) is 9.07 Å². The fourth-order valence-electron chi connectivity index (χ4n) is 3.37. The number of halogens is 1. The molecule has 0 N–H and O–H groups in total. The number of benzene rings is 1. The largest absolute Gasteiger partial charge is 0.497 e. The standard InChI is InChI=1S/C19H22FN3O3/c1-12(20)19(24)22-8-9-26-11-17(22)18-13(2)21-23(14(18)3)15-6-5-7-16(10-15)25-4/h5-7,10,17H,1,8-9,11H2,2-4H3. The molecule has 1 fully saturated rings. The molecule has 0 bridgehead atoms. The van der Waals surface area contributed by atoms with Gasteiger partial charge in [0, 0.05) is 23.9 Å². The van der Waals surface area contributed by atoms with E-state index < -0.39 is 17.8 Å². The van der Waals surface area contributed by atoms with Gasteiger partial charge in [-0.2, -0.15) is 5.10 Å². The molecule has 1 aromatic carbocycles. The molecule has 26 heavy (non-hydrogen) atoms. The highest BCUT2D eigenvalue weighted by Gasteiger charge is 2.34. The molecule has 7 heteroatoms. The number of carbonyl (C=O) groups is 1. The third-order valence-electron chi connectivity index (χ3n) is 4.60. The lowest BCUT2D eigenvalue weighted by Gasteiger charge is -2.35. The summed E-state index contributed by atoms with van der Waals surface area (Å²) in [7, 11) is 1.61. The molecule has 0 spiro atoms. The Kier molecular flexibility index (Phi) is 5.08. The van der Waals surface area contributed by atoms with Crippen LogP contribution in [0.4, 0.5) is 4.39 Å². The molecule has 138 valence electrons. The van der Waals surface area contributed by atoms with E-state index in [-0.39, 0.29) is 0 Å². The van der Waals surface area contributed by atoms with Crippen LogP contribution in [0.2, 0.25) is 0 Å². The predicted octanol–water partition coefficient (Wildman–Crippen LogP) is 2.88. The van der Waals surface area contributed by atoms with Crippen molar-refractivity contribution in [2.24, 2.45) is 0 Å². The molecular formula is C19H22FN3O3. The number of ether oxygens (including phenoxy) is 2. The number of morpholine rings is 1. The summed E-state index contributed by atoms with van der Waals surface area (Å²) in [5.41, 5.74) is 3.35. The van der Waals surface area contributed by atoms with E-state index in [1.807, 2.05) is 38.1 Å². The summed E-state index contributed by atoms with van der Waals surface area (Å²) >= 11 is 0. The average molecular weight is 359 g/mol. The number of hydrogen-bond acceptors (Lipinski definition) is 4. The van der Waals surface area contributed by atoms with Crippen LogP contribution in [0.3, 0.4) is 0 Å². The fourth-order valence-corrected chi connectivity index (χ4v) is 3.37. The van der Waals surface area contributed by atoms with E-state index in [0.717, 1.165) is 28.4 Å². The van der Waals surface area contributed by atoms with E-state index in [1.165, 1.54) is 4.90 Å². The molecule has 1 amide bonds. The Hall–Kier alpha value is -2.67. The molecule has 6 nitrogen and oxygen atoms in total. The molecular weight excluding hydrogens is 337 g/mol. The number of carbonyl (C=O) groups excluding carboxylic acids is 1. The summed E-state index contributed by atoms with van der Waals surface area (Å²) < 4.78 is 26.1. The lowest BCUT2D eigenvalue weighted by molar-refractivity contribution is -0.137. The number of methoxy groups -OCH3 is 1. The molecule has 1 aliphatic rings. The highest BCUT2D eigenvalue weighted by atomic mass is 19.1. The van der Waals surface area contributed by atoms with Gasteiger partial charge >= 0.3 is 0 Å². The van der Waals surface area contributed by atoms with E-state index in [0.29, 0.717) is 19.8 Å². The maximum absolute atomic E-state index is 13.5. The Morgan fingerprint density at radius 3 is 2.88 bits per heavy atom. The van der Waals surface area contributed by atoms with Crippen molar-refractivity contribution in [3.8, 4) is 11.4 Å². The van der Waals surface area contributed by atoms with Gasteiger partial charge in [0.05, 0.1) is 37.7 Å². The molecule has 0 aliphatic carbocycles. The normalized spacial score (nSPS) is 17.2. The maximum atomic E-state index is 13.5. The molecule has 1 unspecified atom stereocenters. The highest BCUT2D eigenvalue weighted by molar-refractivity contribution is 5.91. The first-order valence-corrected chi connectivity index (χ1v) is 8.37. The average Bonchev–Trinajstić information content (AvgIpc) is 2.95. The van der Waals surface area contributed by atoms with Gasteiger partial charge in [-0.05, 0) is 26.0 Å². The van der Waals surface area contributed by atoms with Crippen molar-refractivity contribution < 1.29 is 18.7 Å². The third-order valence-corrected chi connectivity index (χ3v) is 4.60. The van der Waals surface area contributed by atoms with Gasteiger partial charge < -0.3 is 14.4 Å². The van der Waals surface area contributed by atoms with Gasteiger partial charge in [0.25, 0.3) is 5.91 Å². The second-order valence-corrected chi connectivity index (χ2v) is 6.19. The van der Waals surface area contributed by atoms with Crippen molar-refractivity contribution in [2.45, 2.75) is 19.9 Å². The number of aromatic nitrogens is 2. The number of amides is 1. The smallest absolute Gasteiger partial charge is 0.282 e. The molecule has 0 saturated carbocycles. The first-order chi connectivity index (χ1) is 12.4. The van der Waals surface area contributed by atoms with Crippen molar-refractivity contribution in [1.29, 1.82) is 0 Å². The second kappa shape index (κ2) is 7.29. The maximum Gasteiger partial charge on any atom is 0.282 e. The topological polar surface area (TPSA) is 56.6 Å². The van der Waals surface area contributed by atoms with Crippen molar-refractivity contribution in [3.05, 3.63) is 53.6 Å². The van der Waals surface area contributed by atoms with E-state index in [2.05, 4.69) is 11.7 Å². The van der Waals surface area contributed by atoms with Crippen molar-refractivity contribution >= 4 is 5.91 Å². The molecule has 1 atom stereocenters. The van der Waals surface area contributed by atoms with E-state index >= 15 is 0 Å². The zero-order valence-electron chi connectivity index (χ0n) is 15.2. The quantitative estimate of drug-likeness (QED) is 0.788. The van der Waals surface area contributed by atoms with E-state index in [1.54, 1.807) is 11.8 Å². The third kappa shape index (κ3) is 3.22. The number of nitrogens with zero attached hydrogens (tertiary/aromatic N) is 3.